The summed E-state index contributed by atoms with van der Waals surface area (Å²) in [6, 6.07) is 0. The fourth-order valence-corrected chi connectivity index (χ4v) is 1.26. The van der Waals surface area contributed by atoms with Gasteiger partial charge >= 0.3 is 5.97 Å². The van der Waals surface area contributed by atoms with E-state index in [2.05, 4.69) is 20.3 Å². The number of aromatic nitrogens is 4. The number of hydrogen-bond donors (Lipinski definition) is 3. The quantitative estimate of drug-likeness (QED) is 0.698. The molecule has 0 aromatic carbocycles. The first-order valence-electron chi connectivity index (χ1n) is 4.65. The number of carboxylic acids is 1. The van der Waals surface area contributed by atoms with Gasteiger partial charge in [-0.05, 0) is 0 Å². The molecule has 88 valence electrons. The summed E-state index contributed by atoms with van der Waals surface area (Å²) < 4.78 is 1.55. The maximum atomic E-state index is 11.7. The first-order valence-corrected chi connectivity index (χ1v) is 4.65. The molecule has 0 saturated heterocycles. The van der Waals surface area contributed by atoms with Crippen LogP contribution >= 0.6 is 0 Å². The highest BCUT2D eigenvalue weighted by atomic mass is 16.4. The Balaban J connectivity index is 2.13. The number of aromatic carboxylic acids is 1. The Bertz CT molecular complexity index is 571. The van der Waals surface area contributed by atoms with Crippen LogP contribution in [0, 0.1) is 0 Å². The summed E-state index contributed by atoms with van der Waals surface area (Å²) in [6.45, 7) is 0. The molecule has 2 heterocycles. The topological polar surface area (TPSA) is 113 Å². The number of H-pyrrole nitrogens is 1. The van der Waals surface area contributed by atoms with Crippen molar-refractivity contribution in [3.8, 4) is 0 Å². The van der Waals surface area contributed by atoms with E-state index in [1.807, 2.05) is 0 Å². The molecular formula is C9H9N5O3. The Hall–Kier alpha value is -2.64. The van der Waals surface area contributed by atoms with Crippen molar-refractivity contribution in [2.75, 3.05) is 5.32 Å². The van der Waals surface area contributed by atoms with Crippen LogP contribution in [0.5, 0.6) is 0 Å². The average molecular weight is 235 g/mol. The molecule has 0 aliphatic rings. The van der Waals surface area contributed by atoms with Crippen molar-refractivity contribution < 1.29 is 14.7 Å². The van der Waals surface area contributed by atoms with Gasteiger partial charge in [0.05, 0.1) is 6.20 Å². The smallest absolute Gasteiger partial charge is 0.371 e. The van der Waals surface area contributed by atoms with Crippen LogP contribution in [0.25, 0.3) is 0 Å². The minimum Gasteiger partial charge on any atom is -0.475 e. The number of carbonyl (C=O) groups excluding carboxylic acids is 1. The monoisotopic (exact) mass is 235 g/mol. The van der Waals surface area contributed by atoms with E-state index in [1.54, 1.807) is 17.8 Å². The molecule has 0 unspecified atom stereocenters. The van der Waals surface area contributed by atoms with Crippen LogP contribution in [0.4, 0.5) is 5.82 Å². The van der Waals surface area contributed by atoms with Crippen molar-refractivity contribution in [3.05, 3.63) is 30.2 Å². The van der Waals surface area contributed by atoms with E-state index in [-0.39, 0.29) is 17.5 Å². The van der Waals surface area contributed by atoms with Crippen molar-refractivity contribution in [1.82, 2.24) is 19.5 Å². The van der Waals surface area contributed by atoms with Crippen molar-refractivity contribution in [2.45, 2.75) is 0 Å². The van der Waals surface area contributed by atoms with Gasteiger partial charge in [-0.15, -0.1) is 0 Å². The Labute approximate surface area is 95.3 Å². The van der Waals surface area contributed by atoms with Crippen LogP contribution in [0.1, 0.15) is 21.2 Å². The SMILES string of the molecule is Cn1ccnc1C(=O)Nc1cnc(C(=O)O)[nH]1. The molecule has 0 saturated carbocycles. The summed E-state index contributed by atoms with van der Waals surface area (Å²) in [4.78, 5) is 32.1. The maximum Gasteiger partial charge on any atom is 0.371 e. The average Bonchev–Trinajstić information content (AvgIpc) is 2.86. The molecule has 2 rings (SSSR count). The summed E-state index contributed by atoms with van der Waals surface area (Å²) in [5.74, 6) is -1.45. The molecule has 3 N–H and O–H groups in total. The van der Waals surface area contributed by atoms with Crippen LogP contribution in [0.2, 0.25) is 0 Å². The molecule has 0 aliphatic heterocycles. The molecule has 0 fully saturated rings. The lowest BCUT2D eigenvalue weighted by atomic mass is 10.5. The number of nitrogens with one attached hydrogen (secondary N) is 2. The van der Waals surface area contributed by atoms with Crippen molar-refractivity contribution in [3.63, 3.8) is 0 Å². The maximum absolute atomic E-state index is 11.7. The van der Waals surface area contributed by atoms with Crippen LogP contribution < -0.4 is 5.32 Å². The lowest BCUT2D eigenvalue weighted by molar-refractivity contribution is 0.0684. The first-order chi connectivity index (χ1) is 8.08. The zero-order valence-electron chi connectivity index (χ0n) is 8.84. The van der Waals surface area contributed by atoms with E-state index < -0.39 is 11.9 Å². The van der Waals surface area contributed by atoms with E-state index in [0.717, 1.165) is 0 Å². The summed E-state index contributed by atoms with van der Waals surface area (Å²) in [6.07, 6.45) is 4.35. The van der Waals surface area contributed by atoms with Crippen LogP contribution in [-0.4, -0.2) is 36.5 Å². The second-order valence-corrected chi connectivity index (χ2v) is 3.27. The summed E-state index contributed by atoms with van der Waals surface area (Å²) in [5.41, 5.74) is 0. The zero-order valence-corrected chi connectivity index (χ0v) is 8.84. The van der Waals surface area contributed by atoms with E-state index >= 15 is 0 Å². The van der Waals surface area contributed by atoms with E-state index in [4.69, 9.17) is 5.11 Å². The van der Waals surface area contributed by atoms with Crippen molar-refractivity contribution in [1.29, 1.82) is 0 Å². The molecule has 0 bridgehead atoms. The lowest BCUT2D eigenvalue weighted by Crippen LogP contribution is -2.17. The molecule has 1 amide bonds. The van der Waals surface area contributed by atoms with Gasteiger partial charge in [-0.25, -0.2) is 14.8 Å². The third-order valence-corrected chi connectivity index (χ3v) is 2.05. The molecule has 17 heavy (non-hydrogen) atoms. The Morgan fingerprint density at radius 1 is 1.47 bits per heavy atom. The number of carboxylic acid groups (broad SMARTS) is 1. The normalized spacial score (nSPS) is 10.2. The van der Waals surface area contributed by atoms with Gasteiger partial charge in [0.25, 0.3) is 5.91 Å². The van der Waals surface area contributed by atoms with Crippen LogP contribution in [-0.2, 0) is 7.05 Å². The van der Waals surface area contributed by atoms with Gasteiger partial charge < -0.3 is 20.0 Å². The number of rotatable bonds is 3. The minimum absolute atomic E-state index is 0.204. The summed E-state index contributed by atoms with van der Waals surface area (Å²) in [5, 5.41) is 11.1. The minimum atomic E-state index is -1.19. The third kappa shape index (κ3) is 2.14. The Morgan fingerprint density at radius 3 is 2.76 bits per heavy atom. The highest BCUT2D eigenvalue weighted by molar-refractivity contribution is 6.01. The standard InChI is InChI=1S/C9H9N5O3/c1-14-3-2-10-7(14)8(15)13-5-4-11-6(12-5)9(16)17/h2-4H,1H3,(H,11,12)(H,13,15)(H,16,17). The molecule has 0 aliphatic carbocycles. The molecule has 2 aromatic rings. The molecule has 2 aromatic heterocycles. The van der Waals surface area contributed by atoms with Gasteiger partial charge in [0.2, 0.25) is 5.82 Å². The van der Waals surface area contributed by atoms with Gasteiger partial charge in [-0.2, -0.15) is 0 Å². The molecule has 0 spiro atoms. The number of nitrogens with zero attached hydrogens (tertiary/aromatic N) is 3. The molecule has 8 nitrogen and oxygen atoms in total. The number of imidazole rings is 2. The predicted molar refractivity (Wildman–Crippen MR) is 56.7 cm³/mol. The van der Waals surface area contributed by atoms with Gasteiger partial charge in [0.1, 0.15) is 5.82 Å². The molecule has 8 heteroatoms. The second-order valence-electron chi connectivity index (χ2n) is 3.27. The number of anilines is 1. The van der Waals surface area contributed by atoms with E-state index in [0.29, 0.717) is 0 Å². The fourth-order valence-electron chi connectivity index (χ4n) is 1.26. The molecule has 0 atom stereocenters. The molecule has 0 radical (unpaired) electrons. The fraction of sp³-hybridized carbons (Fsp3) is 0.111. The summed E-state index contributed by atoms with van der Waals surface area (Å²) in [7, 11) is 1.68. The Kier molecular flexibility index (Phi) is 2.61. The van der Waals surface area contributed by atoms with E-state index in [9.17, 15) is 9.59 Å². The highest BCUT2D eigenvalue weighted by Gasteiger charge is 2.13. The summed E-state index contributed by atoms with van der Waals surface area (Å²) >= 11 is 0. The van der Waals surface area contributed by atoms with Crippen molar-refractivity contribution in [2.24, 2.45) is 7.05 Å². The van der Waals surface area contributed by atoms with Gasteiger partial charge in [0.15, 0.2) is 5.82 Å². The number of aryl methyl sites for hydroxylation is 1. The van der Waals surface area contributed by atoms with Gasteiger partial charge in [0, 0.05) is 19.4 Å². The Morgan fingerprint density at radius 2 is 2.24 bits per heavy atom. The number of amides is 1. The highest BCUT2D eigenvalue weighted by Crippen LogP contribution is 2.05. The number of carbonyl (C=O) groups is 2. The lowest BCUT2D eigenvalue weighted by Gasteiger charge is -2.01. The van der Waals surface area contributed by atoms with Gasteiger partial charge in [-0.1, -0.05) is 0 Å². The van der Waals surface area contributed by atoms with E-state index in [1.165, 1.54) is 12.4 Å². The largest absolute Gasteiger partial charge is 0.475 e. The van der Waals surface area contributed by atoms with Crippen molar-refractivity contribution >= 4 is 17.7 Å². The van der Waals surface area contributed by atoms with Crippen LogP contribution in [0.3, 0.4) is 0 Å². The molecular weight excluding hydrogens is 226 g/mol. The third-order valence-electron chi connectivity index (χ3n) is 2.05. The number of aromatic amines is 1. The zero-order chi connectivity index (χ0) is 12.4. The van der Waals surface area contributed by atoms with Crippen LogP contribution in [0.15, 0.2) is 18.6 Å². The number of hydrogen-bond acceptors (Lipinski definition) is 4. The van der Waals surface area contributed by atoms with Gasteiger partial charge in [-0.3, -0.25) is 4.79 Å². The first kappa shape index (κ1) is 10.9. The predicted octanol–water partition coefficient (Wildman–Crippen LogP) is 0.0937. The second kappa shape index (κ2) is 4.08.